The smallest absolute Gasteiger partial charge is 0.278 e. The molecule has 0 saturated heterocycles. The minimum absolute atomic E-state index is 0.0168. The lowest BCUT2D eigenvalue weighted by atomic mass is 10.1. The number of para-hydroxylation sites is 1. The molecule has 2 N–H and O–H groups in total. The van der Waals surface area contributed by atoms with Crippen molar-refractivity contribution in [3.8, 4) is 5.69 Å². The highest BCUT2D eigenvalue weighted by Crippen LogP contribution is 2.11. The first kappa shape index (κ1) is 19.1. The Kier molecular flexibility index (Phi) is 5.12. The molecule has 0 fully saturated rings. The number of anilines is 1. The lowest BCUT2D eigenvalue weighted by molar-refractivity contribution is 0.101. The van der Waals surface area contributed by atoms with Crippen LogP contribution in [0.4, 0.5) is 14.7 Å². The first-order valence-corrected chi connectivity index (χ1v) is 8.82. The zero-order chi connectivity index (χ0) is 21.1. The standard InChI is InChI=1S/C20H14F2N6O2/c21-13-5-3-4-12(10-13)11-17-23-20(26-25-17)24-19(30)15-8-9-18(29)28(27-15)16-7-2-1-6-14(16)22/h1-10H,11H2,(H2,23,24,25,26,30). The Labute approximate surface area is 168 Å². The molecule has 0 saturated carbocycles. The van der Waals surface area contributed by atoms with E-state index in [1.54, 1.807) is 18.2 Å². The van der Waals surface area contributed by atoms with E-state index in [0.717, 1.165) is 10.7 Å². The predicted molar refractivity (Wildman–Crippen MR) is 103 cm³/mol. The van der Waals surface area contributed by atoms with Crippen molar-refractivity contribution in [2.24, 2.45) is 0 Å². The summed E-state index contributed by atoms with van der Waals surface area (Å²) in [6.07, 6.45) is 0.289. The number of aromatic amines is 1. The molecule has 0 unspecified atom stereocenters. The number of nitrogens with zero attached hydrogens (tertiary/aromatic N) is 4. The van der Waals surface area contributed by atoms with Gasteiger partial charge in [-0.25, -0.2) is 8.78 Å². The van der Waals surface area contributed by atoms with Crippen LogP contribution in [0.2, 0.25) is 0 Å². The summed E-state index contributed by atoms with van der Waals surface area (Å²) in [6, 6.07) is 13.9. The maximum Gasteiger partial charge on any atom is 0.278 e. The first-order chi connectivity index (χ1) is 14.5. The Hall–Kier alpha value is -4.21. The fourth-order valence-electron chi connectivity index (χ4n) is 2.76. The topological polar surface area (TPSA) is 106 Å². The molecule has 1 amide bonds. The van der Waals surface area contributed by atoms with Gasteiger partial charge >= 0.3 is 0 Å². The molecule has 10 heteroatoms. The van der Waals surface area contributed by atoms with Gasteiger partial charge in [0.2, 0.25) is 5.95 Å². The van der Waals surface area contributed by atoms with Crippen molar-refractivity contribution >= 4 is 11.9 Å². The minimum atomic E-state index is -0.684. The lowest BCUT2D eigenvalue weighted by Crippen LogP contribution is -2.25. The van der Waals surface area contributed by atoms with Gasteiger partial charge in [-0.2, -0.15) is 14.8 Å². The number of benzene rings is 2. The quantitative estimate of drug-likeness (QED) is 0.528. The number of hydrogen-bond acceptors (Lipinski definition) is 5. The molecule has 4 rings (SSSR count). The van der Waals surface area contributed by atoms with Gasteiger partial charge in [0.05, 0.1) is 0 Å². The Morgan fingerprint density at radius 2 is 1.90 bits per heavy atom. The SMILES string of the molecule is O=C(Nc1n[nH]c(Cc2cccc(F)c2)n1)c1ccc(=O)n(-c2ccccc2F)n1. The van der Waals surface area contributed by atoms with E-state index < -0.39 is 17.3 Å². The summed E-state index contributed by atoms with van der Waals surface area (Å²) in [7, 11) is 0. The number of hydrogen-bond donors (Lipinski definition) is 2. The highest BCUT2D eigenvalue weighted by atomic mass is 19.1. The molecule has 4 aromatic rings. The second kappa shape index (κ2) is 8.03. The number of amides is 1. The van der Waals surface area contributed by atoms with Crippen molar-refractivity contribution in [3.05, 3.63) is 99.7 Å². The molecule has 0 atom stereocenters. The summed E-state index contributed by atoms with van der Waals surface area (Å²) in [5.74, 6) is -1.30. The molecule has 0 bridgehead atoms. The van der Waals surface area contributed by atoms with Gasteiger partial charge in [-0.15, -0.1) is 5.10 Å². The van der Waals surface area contributed by atoms with E-state index in [2.05, 4.69) is 25.6 Å². The van der Waals surface area contributed by atoms with Crippen molar-refractivity contribution in [2.75, 3.05) is 5.32 Å². The first-order valence-electron chi connectivity index (χ1n) is 8.82. The number of aromatic nitrogens is 5. The van der Waals surface area contributed by atoms with E-state index in [4.69, 9.17) is 0 Å². The van der Waals surface area contributed by atoms with Crippen LogP contribution in [0.25, 0.3) is 5.69 Å². The molecule has 2 aromatic heterocycles. The number of carbonyl (C=O) groups excluding carboxylic acids is 1. The zero-order valence-electron chi connectivity index (χ0n) is 15.3. The third-order valence-electron chi connectivity index (χ3n) is 4.13. The molecule has 30 heavy (non-hydrogen) atoms. The van der Waals surface area contributed by atoms with Gasteiger partial charge in [-0.1, -0.05) is 24.3 Å². The molecule has 150 valence electrons. The van der Waals surface area contributed by atoms with Gasteiger partial charge in [-0.05, 0) is 35.9 Å². The van der Waals surface area contributed by atoms with Gasteiger partial charge < -0.3 is 0 Å². The molecule has 0 radical (unpaired) electrons. The van der Waals surface area contributed by atoms with Gasteiger partial charge in [-0.3, -0.25) is 20.0 Å². The normalized spacial score (nSPS) is 10.7. The average Bonchev–Trinajstić information content (AvgIpc) is 3.15. The van der Waals surface area contributed by atoms with Crippen LogP contribution in [0.1, 0.15) is 21.9 Å². The number of halogens is 2. The summed E-state index contributed by atoms with van der Waals surface area (Å²) in [6.45, 7) is 0. The van der Waals surface area contributed by atoms with Crippen LogP contribution in [0.3, 0.4) is 0 Å². The fraction of sp³-hybridized carbons (Fsp3) is 0.0500. The van der Waals surface area contributed by atoms with Crippen molar-refractivity contribution in [1.29, 1.82) is 0 Å². The van der Waals surface area contributed by atoms with Gasteiger partial charge in [0.1, 0.15) is 28.8 Å². The van der Waals surface area contributed by atoms with E-state index in [9.17, 15) is 18.4 Å². The second-order valence-electron chi connectivity index (χ2n) is 6.29. The molecule has 0 aliphatic carbocycles. The van der Waals surface area contributed by atoms with E-state index in [1.165, 1.54) is 36.4 Å². The Morgan fingerprint density at radius 3 is 2.70 bits per heavy atom. The van der Waals surface area contributed by atoms with Crippen LogP contribution in [0.5, 0.6) is 0 Å². The van der Waals surface area contributed by atoms with Crippen LogP contribution in [-0.4, -0.2) is 30.9 Å². The molecule has 0 aliphatic rings. The van der Waals surface area contributed by atoms with E-state index >= 15 is 0 Å². The predicted octanol–water partition coefficient (Wildman–Crippen LogP) is 2.47. The van der Waals surface area contributed by atoms with E-state index in [0.29, 0.717) is 11.4 Å². The highest BCUT2D eigenvalue weighted by molar-refractivity contribution is 6.01. The summed E-state index contributed by atoms with van der Waals surface area (Å²) < 4.78 is 28.1. The highest BCUT2D eigenvalue weighted by Gasteiger charge is 2.15. The fourth-order valence-corrected chi connectivity index (χ4v) is 2.76. The number of H-pyrrole nitrogens is 1. The summed E-state index contributed by atoms with van der Waals surface area (Å²) in [4.78, 5) is 28.7. The van der Waals surface area contributed by atoms with Crippen LogP contribution in [0.15, 0.2) is 65.5 Å². The van der Waals surface area contributed by atoms with Crippen molar-refractivity contribution in [3.63, 3.8) is 0 Å². The van der Waals surface area contributed by atoms with Crippen LogP contribution in [-0.2, 0) is 6.42 Å². The average molecular weight is 408 g/mol. The van der Waals surface area contributed by atoms with Gasteiger partial charge in [0.25, 0.3) is 11.5 Å². The number of carbonyl (C=O) groups is 1. The molecular formula is C20H14F2N6O2. The van der Waals surface area contributed by atoms with Crippen molar-refractivity contribution in [1.82, 2.24) is 25.0 Å². The van der Waals surface area contributed by atoms with Crippen LogP contribution in [0, 0.1) is 11.6 Å². The maximum atomic E-state index is 14.0. The third-order valence-corrected chi connectivity index (χ3v) is 4.13. The molecule has 0 spiro atoms. The van der Waals surface area contributed by atoms with Crippen molar-refractivity contribution in [2.45, 2.75) is 6.42 Å². The lowest BCUT2D eigenvalue weighted by Gasteiger charge is -2.07. The van der Waals surface area contributed by atoms with E-state index in [-0.39, 0.29) is 29.6 Å². The molecule has 8 nitrogen and oxygen atoms in total. The van der Waals surface area contributed by atoms with Crippen molar-refractivity contribution < 1.29 is 13.6 Å². The Bertz CT molecular complexity index is 1280. The second-order valence-corrected chi connectivity index (χ2v) is 6.29. The zero-order valence-corrected chi connectivity index (χ0v) is 15.3. The number of rotatable bonds is 5. The van der Waals surface area contributed by atoms with Crippen LogP contribution >= 0.6 is 0 Å². The minimum Gasteiger partial charge on any atom is -0.288 e. The molecule has 0 aliphatic heterocycles. The molecule has 2 aromatic carbocycles. The Balaban J connectivity index is 1.52. The summed E-state index contributed by atoms with van der Waals surface area (Å²) in [5, 5.41) is 12.9. The van der Waals surface area contributed by atoms with Gasteiger partial charge in [0, 0.05) is 12.5 Å². The summed E-state index contributed by atoms with van der Waals surface area (Å²) in [5.41, 5.74) is -0.115. The summed E-state index contributed by atoms with van der Waals surface area (Å²) >= 11 is 0. The molecular weight excluding hydrogens is 394 g/mol. The number of nitrogens with one attached hydrogen (secondary N) is 2. The van der Waals surface area contributed by atoms with E-state index in [1.807, 2.05) is 0 Å². The monoisotopic (exact) mass is 408 g/mol. The molecule has 2 heterocycles. The Morgan fingerprint density at radius 1 is 1.07 bits per heavy atom. The maximum absolute atomic E-state index is 14.0. The third kappa shape index (κ3) is 4.12. The van der Waals surface area contributed by atoms with Gasteiger partial charge in [0.15, 0.2) is 0 Å². The largest absolute Gasteiger partial charge is 0.288 e. The van der Waals surface area contributed by atoms with Crippen LogP contribution < -0.4 is 10.9 Å².